The first-order valence-corrected chi connectivity index (χ1v) is 7.41. The molecule has 0 bridgehead atoms. The molecule has 112 valence electrons. The maximum Gasteiger partial charge on any atom is 0.271 e. The average molecular weight is 278 g/mol. The number of rotatable bonds is 9. The first-order chi connectivity index (χ1) is 9.63. The van der Waals surface area contributed by atoms with Gasteiger partial charge in [-0.25, -0.2) is 4.98 Å². The molecular formula is C15H26N4O. The molecule has 2 N–H and O–H groups in total. The Kier molecular flexibility index (Phi) is 7.62. The minimum Gasteiger partial charge on any atom is -0.372 e. The zero-order valence-corrected chi connectivity index (χ0v) is 12.8. The number of anilines is 1. The molecule has 1 heterocycles. The predicted molar refractivity (Wildman–Crippen MR) is 81.8 cm³/mol. The highest BCUT2D eigenvalue weighted by atomic mass is 16.1. The molecule has 20 heavy (non-hydrogen) atoms. The average Bonchev–Trinajstić information content (AvgIpc) is 2.45. The van der Waals surface area contributed by atoms with E-state index < -0.39 is 0 Å². The summed E-state index contributed by atoms with van der Waals surface area (Å²) in [6.07, 6.45) is 9.06. The van der Waals surface area contributed by atoms with Gasteiger partial charge >= 0.3 is 0 Å². The highest BCUT2D eigenvalue weighted by Gasteiger charge is 2.07. The number of nitrogens with one attached hydrogen (secondary N) is 2. The number of nitrogens with zero attached hydrogens (tertiary/aromatic N) is 2. The van der Waals surface area contributed by atoms with Gasteiger partial charge in [-0.2, -0.15) is 0 Å². The second-order valence-electron chi connectivity index (χ2n) is 5.39. The first-order valence-electron chi connectivity index (χ1n) is 7.41. The second-order valence-corrected chi connectivity index (χ2v) is 5.39. The fourth-order valence-corrected chi connectivity index (χ4v) is 1.92. The van der Waals surface area contributed by atoms with Crippen LogP contribution in [0.5, 0.6) is 0 Å². The van der Waals surface area contributed by atoms with Crippen molar-refractivity contribution in [1.82, 2.24) is 15.3 Å². The molecule has 5 nitrogen and oxygen atoms in total. The van der Waals surface area contributed by atoms with Gasteiger partial charge in [-0.05, 0) is 12.3 Å². The van der Waals surface area contributed by atoms with Crippen molar-refractivity contribution < 1.29 is 4.79 Å². The molecule has 0 spiro atoms. The summed E-state index contributed by atoms with van der Waals surface area (Å²) in [6, 6.07) is 0. The molecule has 0 aliphatic rings. The van der Waals surface area contributed by atoms with Crippen molar-refractivity contribution in [3.63, 3.8) is 0 Å². The van der Waals surface area contributed by atoms with Gasteiger partial charge in [0.05, 0.1) is 12.4 Å². The molecule has 0 radical (unpaired) electrons. The van der Waals surface area contributed by atoms with Crippen LogP contribution in [-0.2, 0) is 0 Å². The van der Waals surface area contributed by atoms with Crippen molar-refractivity contribution in [2.75, 3.05) is 18.9 Å². The highest BCUT2D eigenvalue weighted by Crippen LogP contribution is 2.09. The molecule has 0 atom stereocenters. The van der Waals surface area contributed by atoms with E-state index >= 15 is 0 Å². The van der Waals surface area contributed by atoms with E-state index in [1.54, 1.807) is 13.2 Å². The quantitative estimate of drug-likeness (QED) is 0.682. The smallest absolute Gasteiger partial charge is 0.271 e. The van der Waals surface area contributed by atoms with E-state index in [9.17, 15) is 4.79 Å². The van der Waals surface area contributed by atoms with Crippen LogP contribution in [0.2, 0.25) is 0 Å². The summed E-state index contributed by atoms with van der Waals surface area (Å²) in [7, 11) is 1.75. The Morgan fingerprint density at radius 3 is 2.65 bits per heavy atom. The third kappa shape index (κ3) is 6.50. The number of amides is 1. The summed E-state index contributed by atoms with van der Waals surface area (Å²) in [6.45, 7) is 5.20. The lowest BCUT2D eigenvalue weighted by Gasteiger charge is -2.06. The summed E-state index contributed by atoms with van der Waals surface area (Å²) in [4.78, 5) is 20.0. The predicted octanol–water partition coefficient (Wildman–Crippen LogP) is 2.85. The van der Waals surface area contributed by atoms with E-state index in [0.29, 0.717) is 18.1 Å². The van der Waals surface area contributed by atoms with Crippen LogP contribution >= 0.6 is 0 Å². The monoisotopic (exact) mass is 278 g/mol. The molecule has 5 heteroatoms. The highest BCUT2D eigenvalue weighted by molar-refractivity contribution is 5.92. The van der Waals surface area contributed by atoms with E-state index in [0.717, 1.165) is 18.8 Å². The Labute approximate surface area is 121 Å². The third-order valence-electron chi connectivity index (χ3n) is 3.12. The van der Waals surface area contributed by atoms with Crippen molar-refractivity contribution in [1.29, 1.82) is 0 Å². The lowest BCUT2D eigenvalue weighted by molar-refractivity contribution is 0.0947. The van der Waals surface area contributed by atoms with Crippen LogP contribution < -0.4 is 10.6 Å². The van der Waals surface area contributed by atoms with E-state index in [4.69, 9.17) is 0 Å². The lowest BCUT2D eigenvalue weighted by atomic mass is 10.0. The lowest BCUT2D eigenvalue weighted by Crippen LogP contribution is -2.25. The summed E-state index contributed by atoms with van der Waals surface area (Å²) in [5.74, 6) is 1.23. The number of carbonyl (C=O) groups excluding carboxylic acids is 1. The zero-order valence-electron chi connectivity index (χ0n) is 12.8. The standard InChI is InChI=1S/C15H26N4O/c1-12(2)8-6-4-5-7-9-18-15(20)13-10-17-11-14(16-3)19-13/h10-12H,4-9H2,1-3H3,(H,16,19)(H,18,20). The van der Waals surface area contributed by atoms with Gasteiger partial charge in [0.2, 0.25) is 0 Å². The third-order valence-corrected chi connectivity index (χ3v) is 3.12. The topological polar surface area (TPSA) is 66.9 Å². The van der Waals surface area contributed by atoms with Gasteiger partial charge in [0.15, 0.2) is 0 Å². The van der Waals surface area contributed by atoms with Crippen LogP contribution in [0.25, 0.3) is 0 Å². The first kappa shape index (κ1) is 16.4. The molecule has 0 aliphatic carbocycles. The summed E-state index contributed by atoms with van der Waals surface area (Å²) >= 11 is 0. The number of unbranched alkanes of at least 4 members (excludes halogenated alkanes) is 3. The maximum absolute atomic E-state index is 11.8. The molecule has 1 rings (SSSR count). The zero-order chi connectivity index (χ0) is 14.8. The molecule has 1 amide bonds. The molecule has 0 saturated heterocycles. The van der Waals surface area contributed by atoms with Crippen molar-refractivity contribution >= 4 is 11.7 Å². The van der Waals surface area contributed by atoms with Gasteiger partial charge in [-0.1, -0.05) is 39.5 Å². The van der Waals surface area contributed by atoms with Gasteiger partial charge in [0.1, 0.15) is 11.5 Å². The Morgan fingerprint density at radius 2 is 1.95 bits per heavy atom. The fraction of sp³-hybridized carbons (Fsp3) is 0.667. The second kappa shape index (κ2) is 9.28. The van der Waals surface area contributed by atoms with Crippen LogP contribution in [0.15, 0.2) is 12.4 Å². The van der Waals surface area contributed by atoms with E-state index in [2.05, 4.69) is 34.4 Å². The van der Waals surface area contributed by atoms with Crippen LogP contribution in [0.1, 0.15) is 56.4 Å². The van der Waals surface area contributed by atoms with Crippen LogP contribution in [-0.4, -0.2) is 29.5 Å². The number of carbonyl (C=O) groups is 1. The van der Waals surface area contributed by atoms with Crippen LogP contribution in [0.4, 0.5) is 5.82 Å². The number of aromatic nitrogens is 2. The van der Waals surface area contributed by atoms with Crippen molar-refractivity contribution in [3.8, 4) is 0 Å². The van der Waals surface area contributed by atoms with Gasteiger partial charge in [0, 0.05) is 13.6 Å². The molecule has 0 saturated carbocycles. The Morgan fingerprint density at radius 1 is 1.20 bits per heavy atom. The van der Waals surface area contributed by atoms with E-state index in [-0.39, 0.29) is 5.91 Å². The van der Waals surface area contributed by atoms with Crippen LogP contribution in [0, 0.1) is 5.92 Å². The maximum atomic E-state index is 11.8. The number of hydrogen-bond acceptors (Lipinski definition) is 4. The van der Waals surface area contributed by atoms with Crippen molar-refractivity contribution in [2.45, 2.75) is 46.0 Å². The summed E-state index contributed by atoms with van der Waals surface area (Å²) in [5.41, 5.74) is 0.358. The van der Waals surface area contributed by atoms with E-state index in [1.165, 1.54) is 25.5 Å². The summed E-state index contributed by atoms with van der Waals surface area (Å²) < 4.78 is 0. The van der Waals surface area contributed by atoms with Gasteiger partial charge in [0.25, 0.3) is 5.91 Å². The van der Waals surface area contributed by atoms with Gasteiger partial charge in [-0.15, -0.1) is 0 Å². The molecule has 1 aromatic heterocycles. The van der Waals surface area contributed by atoms with Crippen LogP contribution in [0.3, 0.4) is 0 Å². The van der Waals surface area contributed by atoms with Crippen molar-refractivity contribution in [2.24, 2.45) is 5.92 Å². The number of hydrogen-bond donors (Lipinski definition) is 2. The Balaban J connectivity index is 2.16. The van der Waals surface area contributed by atoms with Gasteiger partial charge < -0.3 is 10.6 Å². The molecule has 0 aromatic carbocycles. The molecular weight excluding hydrogens is 252 g/mol. The molecule has 0 aliphatic heterocycles. The van der Waals surface area contributed by atoms with E-state index in [1.807, 2.05) is 0 Å². The minimum atomic E-state index is -0.156. The Hall–Kier alpha value is -1.65. The minimum absolute atomic E-state index is 0.156. The van der Waals surface area contributed by atoms with Gasteiger partial charge in [-0.3, -0.25) is 9.78 Å². The molecule has 1 aromatic rings. The Bertz CT molecular complexity index is 407. The van der Waals surface area contributed by atoms with Crippen molar-refractivity contribution in [3.05, 3.63) is 18.1 Å². The largest absolute Gasteiger partial charge is 0.372 e. The molecule has 0 fully saturated rings. The fourth-order valence-electron chi connectivity index (χ4n) is 1.92. The normalized spacial score (nSPS) is 10.6. The molecule has 0 unspecified atom stereocenters. The summed E-state index contributed by atoms with van der Waals surface area (Å²) in [5, 5.41) is 5.75. The SMILES string of the molecule is CNc1cncc(C(=O)NCCCCCCC(C)C)n1.